The molecule has 1 N–H and O–H groups in total. The SMILES string of the molecule is C/C(=N/NS(=O)(=O)c1ccc(Cl)cc1)c1ccc(C)cc1C. The Bertz CT molecular complexity index is 813. The van der Waals surface area contributed by atoms with Crippen LogP contribution in [0, 0.1) is 13.8 Å². The minimum Gasteiger partial charge on any atom is -0.200 e. The van der Waals surface area contributed by atoms with Crippen LogP contribution in [0.25, 0.3) is 0 Å². The summed E-state index contributed by atoms with van der Waals surface area (Å²) in [5, 5.41) is 4.48. The second-order valence-electron chi connectivity index (χ2n) is 5.06. The van der Waals surface area contributed by atoms with Crippen LogP contribution in [-0.4, -0.2) is 14.1 Å². The van der Waals surface area contributed by atoms with Crippen molar-refractivity contribution in [2.75, 3.05) is 0 Å². The number of hydrogen-bond donors (Lipinski definition) is 1. The Morgan fingerprint density at radius 2 is 1.73 bits per heavy atom. The molecule has 0 aliphatic carbocycles. The summed E-state index contributed by atoms with van der Waals surface area (Å²) in [6, 6.07) is 11.9. The molecule has 0 spiro atoms. The van der Waals surface area contributed by atoms with Gasteiger partial charge in [-0.05, 0) is 50.6 Å². The minimum atomic E-state index is -3.70. The Morgan fingerprint density at radius 1 is 1.09 bits per heavy atom. The number of nitrogens with zero attached hydrogens (tertiary/aromatic N) is 1. The van der Waals surface area contributed by atoms with Gasteiger partial charge >= 0.3 is 0 Å². The van der Waals surface area contributed by atoms with E-state index in [1.165, 1.54) is 24.3 Å². The molecule has 0 heterocycles. The van der Waals surface area contributed by atoms with Crippen molar-refractivity contribution in [3.8, 4) is 0 Å². The lowest BCUT2D eigenvalue weighted by Crippen LogP contribution is -2.20. The van der Waals surface area contributed by atoms with Gasteiger partial charge in [0.15, 0.2) is 0 Å². The smallest absolute Gasteiger partial charge is 0.200 e. The number of rotatable bonds is 4. The highest BCUT2D eigenvalue weighted by molar-refractivity contribution is 7.89. The van der Waals surface area contributed by atoms with Gasteiger partial charge in [-0.3, -0.25) is 0 Å². The first kappa shape index (κ1) is 16.5. The molecule has 0 atom stereocenters. The number of aryl methyl sites for hydroxylation is 2. The Kier molecular flexibility index (Phi) is 4.88. The van der Waals surface area contributed by atoms with Gasteiger partial charge in [-0.15, -0.1) is 0 Å². The van der Waals surface area contributed by atoms with Crippen molar-refractivity contribution in [2.45, 2.75) is 25.7 Å². The molecule has 0 aliphatic heterocycles. The van der Waals surface area contributed by atoms with Crippen LogP contribution in [0.4, 0.5) is 0 Å². The molecule has 4 nitrogen and oxygen atoms in total. The maximum Gasteiger partial charge on any atom is 0.276 e. The van der Waals surface area contributed by atoms with Crippen LogP contribution >= 0.6 is 11.6 Å². The van der Waals surface area contributed by atoms with E-state index in [0.29, 0.717) is 10.7 Å². The molecule has 0 amide bonds. The van der Waals surface area contributed by atoms with Crippen LogP contribution in [-0.2, 0) is 10.0 Å². The van der Waals surface area contributed by atoms with Crippen molar-refractivity contribution in [1.82, 2.24) is 4.83 Å². The summed E-state index contributed by atoms with van der Waals surface area (Å²) < 4.78 is 24.3. The topological polar surface area (TPSA) is 58.5 Å². The summed E-state index contributed by atoms with van der Waals surface area (Å²) in [6.07, 6.45) is 0. The summed E-state index contributed by atoms with van der Waals surface area (Å²) in [5.74, 6) is 0. The molecule has 0 fully saturated rings. The zero-order valence-corrected chi connectivity index (χ0v) is 14.2. The first-order valence-electron chi connectivity index (χ1n) is 6.69. The number of hydrazone groups is 1. The first-order valence-corrected chi connectivity index (χ1v) is 8.55. The van der Waals surface area contributed by atoms with E-state index < -0.39 is 10.0 Å². The predicted molar refractivity (Wildman–Crippen MR) is 89.9 cm³/mol. The highest BCUT2D eigenvalue weighted by Gasteiger charge is 2.13. The fraction of sp³-hybridized carbons (Fsp3) is 0.188. The number of sulfonamides is 1. The lowest BCUT2D eigenvalue weighted by molar-refractivity contribution is 0.584. The first-order chi connectivity index (χ1) is 10.3. The summed E-state index contributed by atoms with van der Waals surface area (Å²) in [6.45, 7) is 5.74. The molecule has 0 aromatic heterocycles. The second kappa shape index (κ2) is 6.50. The lowest BCUT2D eigenvalue weighted by atomic mass is 10.0. The molecule has 0 saturated carbocycles. The summed E-state index contributed by atoms with van der Waals surface area (Å²) >= 11 is 5.76. The lowest BCUT2D eigenvalue weighted by Gasteiger charge is -2.08. The van der Waals surface area contributed by atoms with E-state index in [1.54, 1.807) is 6.92 Å². The molecule has 0 bridgehead atoms. The maximum atomic E-state index is 12.2. The average Bonchev–Trinajstić information content (AvgIpc) is 2.45. The Labute approximate surface area is 135 Å². The third kappa shape index (κ3) is 3.87. The molecular weight excluding hydrogens is 320 g/mol. The number of nitrogens with one attached hydrogen (secondary N) is 1. The molecular formula is C16H17ClN2O2S. The number of benzene rings is 2. The van der Waals surface area contributed by atoms with E-state index in [1.807, 2.05) is 32.0 Å². The van der Waals surface area contributed by atoms with Gasteiger partial charge in [0, 0.05) is 10.6 Å². The zero-order valence-electron chi connectivity index (χ0n) is 12.6. The van der Waals surface area contributed by atoms with Crippen molar-refractivity contribution in [3.05, 3.63) is 64.2 Å². The van der Waals surface area contributed by atoms with Gasteiger partial charge in [-0.2, -0.15) is 18.4 Å². The normalized spacial score (nSPS) is 12.3. The van der Waals surface area contributed by atoms with Crippen molar-refractivity contribution >= 4 is 27.3 Å². The van der Waals surface area contributed by atoms with Gasteiger partial charge in [0.2, 0.25) is 0 Å². The van der Waals surface area contributed by atoms with Crippen LogP contribution in [0.5, 0.6) is 0 Å². The minimum absolute atomic E-state index is 0.120. The highest BCUT2D eigenvalue weighted by atomic mass is 35.5. The van der Waals surface area contributed by atoms with Crippen LogP contribution in [0.1, 0.15) is 23.6 Å². The highest BCUT2D eigenvalue weighted by Crippen LogP contribution is 2.15. The standard InChI is InChI=1S/C16H17ClN2O2S/c1-11-4-9-16(12(2)10-11)13(3)18-19-22(20,21)15-7-5-14(17)6-8-15/h4-10,19H,1-3H3/b18-13-. The van der Waals surface area contributed by atoms with Crippen LogP contribution in [0.2, 0.25) is 5.02 Å². The molecule has 116 valence electrons. The number of hydrogen-bond acceptors (Lipinski definition) is 3. The molecule has 2 rings (SSSR count). The fourth-order valence-corrected chi connectivity index (χ4v) is 3.06. The fourth-order valence-electron chi connectivity index (χ4n) is 2.07. The van der Waals surface area contributed by atoms with E-state index in [4.69, 9.17) is 11.6 Å². The third-order valence-corrected chi connectivity index (χ3v) is 4.71. The van der Waals surface area contributed by atoms with E-state index in [-0.39, 0.29) is 4.90 Å². The Hall–Kier alpha value is -1.85. The average molecular weight is 337 g/mol. The van der Waals surface area contributed by atoms with Crippen molar-refractivity contribution in [3.63, 3.8) is 0 Å². The molecule has 6 heteroatoms. The van der Waals surface area contributed by atoms with Crippen LogP contribution in [0.3, 0.4) is 0 Å². The molecule has 0 radical (unpaired) electrons. The van der Waals surface area contributed by atoms with Crippen molar-refractivity contribution in [2.24, 2.45) is 5.10 Å². The predicted octanol–water partition coefficient (Wildman–Crippen LogP) is 3.66. The quantitative estimate of drug-likeness (QED) is 0.684. The molecule has 2 aromatic carbocycles. The Balaban J connectivity index is 2.24. The monoisotopic (exact) mass is 336 g/mol. The van der Waals surface area contributed by atoms with Crippen LogP contribution < -0.4 is 4.83 Å². The largest absolute Gasteiger partial charge is 0.276 e. The van der Waals surface area contributed by atoms with Gasteiger partial charge in [-0.25, -0.2) is 0 Å². The summed E-state index contributed by atoms with van der Waals surface area (Å²) in [4.78, 5) is 2.37. The van der Waals surface area contributed by atoms with E-state index >= 15 is 0 Å². The molecule has 0 unspecified atom stereocenters. The van der Waals surface area contributed by atoms with Gasteiger partial charge in [0.05, 0.1) is 10.6 Å². The van der Waals surface area contributed by atoms with Gasteiger partial charge in [-0.1, -0.05) is 35.4 Å². The van der Waals surface area contributed by atoms with E-state index in [0.717, 1.165) is 16.7 Å². The van der Waals surface area contributed by atoms with Crippen molar-refractivity contribution in [1.29, 1.82) is 0 Å². The molecule has 0 saturated heterocycles. The Morgan fingerprint density at radius 3 is 2.32 bits per heavy atom. The number of halogens is 1. The molecule has 2 aromatic rings. The summed E-state index contributed by atoms with van der Waals surface area (Å²) in [5.41, 5.74) is 3.71. The third-order valence-electron chi connectivity index (χ3n) is 3.23. The van der Waals surface area contributed by atoms with Gasteiger partial charge < -0.3 is 0 Å². The zero-order chi connectivity index (χ0) is 16.3. The van der Waals surface area contributed by atoms with E-state index in [2.05, 4.69) is 9.93 Å². The van der Waals surface area contributed by atoms with Crippen molar-refractivity contribution < 1.29 is 8.42 Å². The van der Waals surface area contributed by atoms with Gasteiger partial charge in [0.1, 0.15) is 0 Å². The van der Waals surface area contributed by atoms with E-state index in [9.17, 15) is 8.42 Å². The molecule has 22 heavy (non-hydrogen) atoms. The maximum absolute atomic E-state index is 12.2. The van der Waals surface area contributed by atoms with Gasteiger partial charge in [0.25, 0.3) is 10.0 Å². The van der Waals surface area contributed by atoms with Crippen LogP contribution in [0.15, 0.2) is 52.5 Å². The second-order valence-corrected chi connectivity index (χ2v) is 7.16. The summed E-state index contributed by atoms with van der Waals surface area (Å²) in [7, 11) is -3.70. The molecule has 0 aliphatic rings.